The normalized spacial score (nSPS) is 12.8. The fourth-order valence-corrected chi connectivity index (χ4v) is 2.55. The van der Waals surface area contributed by atoms with Crippen molar-refractivity contribution in [2.24, 2.45) is 0 Å². The number of ether oxygens (including phenoxy) is 1. The van der Waals surface area contributed by atoms with Gasteiger partial charge in [0, 0.05) is 17.9 Å². The van der Waals surface area contributed by atoms with Crippen LogP contribution in [0.1, 0.15) is 15.9 Å². The van der Waals surface area contributed by atoms with Crippen LogP contribution in [0.3, 0.4) is 0 Å². The second-order valence-corrected chi connectivity index (χ2v) is 5.13. The predicted molar refractivity (Wildman–Crippen MR) is 83.6 cm³/mol. The molecule has 5 heteroatoms. The zero-order valence-electron chi connectivity index (χ0n) is 12.0. The van der Waals surface area contributed by atoms with E-state index in [0.717, 1.165) is 17.7 Å². The minimum Gasteiger partial charge on any atom is -0.452 e. The highest BCUT2D eigenvalue weighted by Crippen LogP contribution is 2.27. The van der Waals surface area contributed by atoms with Gasteiger partial charge in [-0.25, -0.2) is 4.79 Å². The Morgan fingerprint density at radius 3 is 2.77 bits per heavy atom. The molecule has 0 saturated carbocycles. The summed E-state index contributed by atoms with van der Waals surface area (Å²) in [4.78, 5) is 25.8. The molecule has 22 heavy (non-hydrogen) atoms. The van der Waals surface area contributed by atoms with Gasteiger partial charge in [-0.05, 0) is 36.2 Å². The molecule has 1 aliphatic rings. The van der Waals surface area contributed by atoms with Gasteiger partial charge in [0.05, 0.1) is 5.56 Å². The third-order valence-corrected chi connectivity index (χ3v) is 3.64. The standard InChI is InChI=1S/C17H16N2O3/c18-14-6-3-5-13(10-14)17(21)22-11-16(20)19-9-8-12-4-1-2-7-15(12)19/h1-7,10H,8-9,11,18H2. The first kappa shape index (κ1) is 14.1. The van der Waals surface area contributed by atoms with Crippen molar-refractivity contribution in [3.05, 3.63) is 59.7 Å². The minimum atomic E-state index is -0.548. The van der Waals surface area contributed by atoms with Crippen LogP contribution >= 0.6 is 0 Å². The van der Waals surface area contributed by atoms with Gasteiger partial charge >= 0.3 is 5.97 Å². The van der Waals surface area contributed by atoms with E-state index < -0.39 is 5.97 Å². The summed E-state index contributed by atoms with van der Waals surface area (Å²) < 4.78 is 5.09. The Hall–Kier alpha value is -2.82. The molecule has 0 aromatic heterocycles. The van der Waals surface area contributed by atoms with Gasteiger partial charge in [-0.2, -0.15) is 0 Å². The summed E-state index contributed by atoms with van der Waals surface area (Å²) in [6.45, 7) is 0.343. The lowest BCUT2D eigenvalue weighted by Crippen LogP contribution is -2.33. The number of para-hydroxylation sites is 1. The number of carbonyl (C=O) groups excluding carboxylic acids is 2. The Morgan fingerprint density at radius 2 is 1.95 bits per heavy atom. The van der Waals surface area contributed by atoms with Crippen molar-refractivity contribution >= 4 is 23.3 Å². The Bertz CT molecular complexity index is 727. The largest absolute Gasteiger partial charge is 0.452 e. The number of fused-ring (bicyclic) bond motifs is 1. The summed E-state index contributed by atoms with van der Waals surface area (Å²) in [6, 6.07) is 14.2. The first-order chi connectivity index (χ1) is 10.6. The van der Waals surface area contributed by atoms with Crippen LogP contribution < -0.4 is 10.6 Å². The molecular weight excluding hydrogens is 280 g/mol. The van der Waals surface area contributed by atoms with E-state index in [-0.39, 0.29) is 12.5 Å². The number of amides is 1. The number of benzene rings is 2. The zero-order valence-corrected chi connectivity index (χ0v) is 12.0. The molecule has 0 radical (unpaired) electrons. The van der Waals surface area contributed by atoms with Gasteiger partial charge in [0.2, 0.25) is 0 Å². The lowest BCUT2D eigenvalue weighted by molar-refractivity contribution is -0.121. The Morgan fingerprint density at radius 1 is 1.14 bits per heavy atom. The Kier molecular flexibility index (Phi) is 3.78. The van der Waals surface area contributed by atoms with Gasteiger partial charge in [0.15, 0.2) is 6.61 Å². The predicted octanol–water partition coefficient (Wildman–Crippen LogP) is 2.01. The first-order valence-corrected chi connectivity index (χ1v) is 7.06. The molecule has 0 fully saturated rings. The molecule has 0 aliphatic carbocycles. The minimum absolute atomic E-state index is 0.220. The van der Waals surface area contributed by atoms with Crippen molar-refractivity contribution in [1.29, 1.82) is 0 Å². The smallest absolute Gasteiger partial charge is 0.338 e. The molecule has 0 atom stereocenters. The summed E-state index contributed by atoms with van der Waals surface area (Å²) in [5.74, 6) is -0.768. The monoisotopic (exact) mass is 296 g/mol. The molecule has 0 unspecified atom stereocenters. The fourth-order valence-electron chi connectivity index (χ4n) is 2.55. The highest BCUT2D eigenvalue weighted by Gasteiger charge is 2.24. The number of carbonyl (C=O) groups is 2. The topological polar surface area (TPSA) is 72.6 Å². The lowest BCUT2D eigenvalue weighted by atomic mass is 10.2. The van der Waals surface area contributed by atoms with Crippen LogP contribution in [-0.2, 0) is 16.0 Å². The average molecular weight is 296 g/mol. The molecule has 5 nitrogen and oxygen atoms in total. The molecule has 1 aliphatic heterocycles. The van der Waals surface area contributed by atoms with Crippen molar-refractivity contribution in [1.82, 2.24) is 0 Å². The average Bonchev–Trinajstić information content (AvgIpc) is 2.96. The summed E-state index contributed by atoms with van der Waals surface area (Å²) in [7, 11) is 0. The van der Waals surface area contributed by atoms with Gasteiger partial charge in [-0.3, -0.25) is 4.79 Å². The van der Waals surface area contributed by atoms with Crippen molar-refractivity contribution in [2.75, 3.05) is 23.8 Å². The van der Waals surface area contributed by atoms with Crippen LogP contribution in [0.2, 0.25) is 0 Å². The number of anilines is 2. The number of hydrogen-bond acceptors (Lipinski definition) is 4. The molecule has 0 bridgehead atoms. The maximum absolute atomic E-state index is 12.2. The SMILES string of the molecule is Nc1cccc(C(=O)OCC(=O)N2CCc3ccccc32)c1. The third kappa shape index (κ3) is 2.79. The summed E-state index contributed by atoms with van der Waals surface area (Å²) in [5.41, 5.74) is 8.48. The second kappa shape index (κ2) is 5.89. The van der Waals surface area contributed by atoms with Gasteiger partial charge < -0.3 is 15.4 Å². The number of nitrogens with zero attached hydrogens (tertiary/aromatic N) is 1. The molecule has 112 valence electrons. The highest BCUT2D eigenvalue weighted by atomic mass is 16.5. The van der Waals surface area contributed by atoms with Crippen LogP contribution in [0.25, 0.3) is 0 Å². The molecule has 2 aromatic rings. The zero-order chi connectivity index (χ0) is 15.5. The van der Waals surface area contributed by atoms with Crippen molar-refractivity contribution in [3.63, 3.8) is 0 Å². The molecular formula is C17H16N2O3. The number of esters is 1. The van der Waals surface area contributed by atoms with Gasteiger partial charge in [0.25, 0.3) is 5.91 Å². The van der Waals surface area contributed by atoms with Gasteiger partial charge in [-0.1, -0.05) is 24.3 Å². The van der Waals surface area contributed by atoms with Crippen LogP contribution in [0, 0.1) is 0 Å². The molecule has 2 N–H and O–H groups in total. The van der Waals surface area contributed by atoms with E-state index in [9.17, 15) is 9.59 Å². The maximum atomic E-state index is 12.2. The van der Waals surface area contributed by atoms with E-state index in [1.807, 2.05) is 24.3 Å². The number of hydrogen-bond donors (Lipinski definition) is 1. The van der Waals surface area contributed by atoms with Crippen LogP contribution in [0.15, 0.2) is 48.5 Å². The van der Waals surface area contributed by atoms with Crippen LogP contribution in [0.5, 0.6) is 0 Å². The van der Waals surface area contributed by atoms with E-state index in [1.165, 1.54) is 6.07 Å². The van der Waals surface area contributed by atoms with E-state index in [1.54, 1.807) is 23.1 Å². The van der Waals surface area contributed by atoms with E-state index in [2.05, 4.69) is 0 Å². The molecule has 3 rings (SSSR count). The number of nitrogen functional groups attached to an aromatic ring is 1. The van der Waals surface area contributed by atoms with E-state index in [0.29, 0.717) is 17.8 Å². The maximum Gasteiger partial charge on any atom is 0.338 e. The Labute approximate surface area is 128 Å². The number of nitrogens with two attached hydrogens (primary N) is 1. The van der Waals surface area contributed by atoms with Gasteiger partial charge in [0.1, 0.15) is 0 Å². The van der Waals surface area contributed by atoms with E-state index >= 15 is 0 Å². The Balaban J connectivity index is 1.63. The highest BCUT2D eigenvalue weighted by molar-refractivity contribution is 5.98. The third-order valence-electron chi connectivity index (χ3n) is 3.64. The van der Waals surface area contributed by atoms with Gasteiger partial charge in [-0.15, -0.1) is 0 Å². The molecule has 1 amide bonds. The van der Waals surface area contributed by atoms with E-state index in [4.69, 9.17) is 10.5 Å². The first-order valence-electron chi connectivity index (χ1n) is 7.06. The van der Waals surface area contributed by atoms with Crippen LogP contribution in [0.4, 0.5) is 11.4 Å². The molecule has 1 heterocycles. The quantitative estimate of drug-likeness (QED) is 0.694. The number of rotatable bonds is 3. The summed E-state index contributed by atoms with van der Waals surface area (Å²) in [6.07, 6.45) is 0.824. The van der Waals surface area contributed by atoms with Crippen molar-refractivity contribution in [2.45, 2.75) is 6.42 Å². The second-order valence-electron chi connectivity index (χ2n) is 5.13. The van der Waals surface area contributed by atoms with Crippen molar-refractivity contribution < 1.29 is 14.3 Å². The van der Waals surface area contributed by atoms with Crippen LogP contribution in [-0.4, -0.2) is 25.0 Å². The fraction of sp³-hybridized carbons (Fsp3) is 0.176. The summed E-state index contributed by atoms with van der Waals surface area (Å²) >= 11 is 0. The summed E-state index contributed by atoms with van der Waals surface area (Å²) in [5, 5.41) is 0. The molecule has 0 spiro atoms. The lowest BCUT2D eigenvalue weighted by Gasteiger charge is -2.17. The molecule has 0 saturated heterocycles. The molecule has 2 aromatic carbocycles. The van der Waals surface area contributed by atoms with Crippen molar-refractivity contribution in [3.8, 4) is 0 Å².